The number of nitrogens with one attached hydrogen (secondary N) is 1. The van der Waals surface area contributed by atoms with Crippen molar-refractivity contribution in [2.24, 2.45) is 0 Å². The minimum absolute atomic E-state index is 0.465. The highest BCUT2D eigenvalue weighted by atomic mass is 127. The standard InChI is InChI=1S/C20H24IN3O2/c1-3-25-12-11-23-14-16(2)18-5-4-8-24-20(18)19(13-21)26-15-17-6-9-22-10-7-17/h4-10,13,23H,2-3,11-12,14-15H2,1H3/b19-13-. The molecule has 0 amide bonds. The van der Waals surface area contributed by atoms with Gasteiger partial charge in [-0.3, -0.25) is 9.97 Å². The van der Waals surface area contributed by atoms with Gasteiger partial charge in [0.2, 0.25) is 0 Å². The molecule has 2 heterocycles. The minimum Gasteiger partial charge on any atom is -0.486 e. The van der Waals surface area contributed by atoms with Gasteiger partial charge in [-0.1, -0.05) is 12.6 Å². The molecule has 5 nitrogen and oxygen atoms in total. The van der Waals surface area contributed by atoms with Gasteiger partial charge in [-0.15, -0.1) is 0 Å². The number of nitrogens with zero attached hydrogens (tertiary/aromatic N) is 2. The van der Waals surface area contributed by atoms with Crippen LogP contribution in [0.5, 0.6) is 0 Å². The van der Waals surface area contributed by atoms with Crippen molar-refractivity contribution in [3.63, 3.8) is 0 Å². The number of hydrogen-bond acceptors (Lipinski definition) is 5. The molecule has 0 spiro atoms. The Kier molecular flexibility index (Phi) is 9.30. The molecular formula is C20H24IN3O2. The highest BCUT2D eigenvalue weighted by molar-refractivity contribution is 14.1. The third kappa shape index (κ3) is 6.51. The summed E-state index contributed by atoms with van der Waals surface area (Å²) in [5.41, 5.74) is 3.80. The normalized spacial score (nSPS) is 11.4. The van der Waals surface area contributed by atoms with Gasteiger partial charge in [0.1, 0.15) is 12.3 Å². The first-order chi connectivity index (χ1) is 12.8. The number of pyridine rings is 2. The van der Waals surface area contributed by atoms with Crippen LogP contribution in [-0.4, -0.2) is 36.3 Å². The molecule has 6 heteroatoms. The maximum Gasteiger partial charge on any atom is 0.152 e. The molecular weight excluding hydrogens is 441 g/mol. The zero-order chi connectivity index (χ0) is 18.6. The number of halogens is 1. The maximum atomic E-state index is 5.99. The highest BCUT2D eigenvalue weighted by Crippen LogP contribution is 2.25. The molecule has 0 aliphatic heterocycles. The number of hydrogen-bond donors (Lipinski definition) is 1. The molecule has 1 N–H and O–H groups in total. The second-order valence-electron chi connectivity index (χ2n) is 5.49. The van der Waals surface area contributed by atoms with E-state index in [4.69, 9.17) is 9.47 Å². The Morgan fingerprint density at radius 3 is 2.81 bits per heavy atom. The van der Waals surface area contributed by atoms with E-state index >= 15 is 0 Å². The van der Waals surface area contributed by atoms with Crippen LogP contribution in [0.3, 0.4) is 0 Å². The molecule has 0 unspecified atom stereocenters. The van der Waals surface area contributed by atoms with Crippen LogP contribution in [0.25, 0.3) is 11.3 Å². The lowest BCUT2D eigenvalue weighted by molar-refractivity contribution is 0.150. The topological polar surface area (TPSA) is 56.3 Å². The van der Waals surface area contributed by atoms with Crippen molar-refractivity contribution in [1.29, 1.82) is 0 Å². The summed E-state index contributed by atoms with van der Waals surface area (Å²) in [5, 5.41) is 3.34. The second-order valence-corrected chi connectivity index (χ2v) is 6.12. The van der Waals surface area contributed by atoms with Gasteiger partial charge in [-0.25, -0.2) is 0 Å². The molecule has 2 aromatic rings. The van der Waals surface area contributed by atoms with Crippen molar-refractivity contribution in [2.45, 2.75) is 13.5 Å². The Morgan fingerprint density at radius 1 is 1.27 bits per heavy atom. The van der Waals surface area contributed by atoms with Gasteiger partial charge in [0.15, 0.2) is 5.76 Å². The zero-order valence-electron chi connectivity index (χ0n) is 15.0. The van der Waals surface area contributed by atoms with Gasteiger partial charge in [-0.2, -0.15) is 0 Å². The second kappa shape index (κ2) is 11.8. The predicted molar refractivity (Wildman–Crippen MR) is 114 cm³/mol. The van der Waals surface area contributed by atoms with Crippen LogP contribution in [0.15, 0.2) is 53.5 Å². The molecule has 0 bridgehead atoms. The first-order valence-corrected chi connectivity index (χ1v) is 9.75. The van der Waals surface area contributed by atoms with E-state index in [1.165, 1.54) is 0 Å². The van der Waals surface area contributed by atoms with Crippen LogP contribution in [0, 0.1) is 0 Å². The van der Waals surface area contributed by atoms with Crippen molar-refractivity contribution < 1.29 is 9.47 Å². The largest absolute Gasteiger partial charge is 0.486 e. The van der Waals surface area contributed by atoms with Crippen molar-refractivity contribution in [3.8, 4) is 0 Å². The highest BCUT2D eigenvalue weighted by Gasteiger charge is 2.13. The summed E-state index contributed by atoms with van der Waals surface area (Å²) in [7, 11) is 0. The molecule has 0 aliphatic carbocycles. The van der Waals surface area contributed by atoms with Crippen LogP contribution < -0.4 is 5.32 Å². The molecule has 2 aromatic heterocycles. The summed E-state index contributed by atoms with van der Waals surface area (Å²) in [4.78, 5) is 8.54. The van der Waals surface area contributed by atoms with E-state index in [1.54, 1.807) is 18.6 Å². The molecule has 0 fully saturated rings. The van der Waals surface area contributed by atoms with Gasteiger partial charge >= 0.3 is 0 Å². The molecule has 0 aliphatic rings. The average Bonchev–Trinajstić information content (AvgIpc) is 2.69. The summed E-state index contributed by atoms with van der Waals surface area (Å²) < 4.78 is 13.2. The van der Waals surface area contributed by atoms with Gasteiger partial charge in [0, 0.05) is 47.9 Å². The Morgan fingerprint density at radius 2 is 2.08 bits per heavy atom. The first-order valence-electron chi connectivity index (χ1n) is 8.50. The van der Waals surface area contributed by atoms with E-state index in [0.717, 1.165) is 41.3 Å². The van der Waals surface area contributed by atoms with Crippen LogP contribution in [0.2, 0.25) is 0 Å². The molecule has 0 atom stereocenters. The quantitative estimate of drug-likeness (QED) is 0.308. The minimum atomic E-state index is 0.465. The van der Waals surface area contributed by atoms with Gasteiger partial charge in [0.25, 0.3) is 0 Å². The fraction of sp³-hybridized carbons (Fsp3) is 0.300. The fourth-order valence-corrected chi connectivity index (χ4v) is 2.78. The fourth-order valence-electron chi connectivity index (χ4n) is 2.30. The molecule has 0 saturated carbocycles. The molecule has 0 aromatic carbocycles. The van der Waals surface area contributed by atoms with E-state index in [9.17, 15) is 0 Å². The first kappa shape index (κ1) is 20.5. The molecule has 26 heavy (non-hydrogen) atoms. The van der Waals surface area contributed by atoms with E-state index in [-0.39, 0.29) is 0 Å². The molecule has 138 valence electrons. The van der Waals surface area contributed by atoms with Crippen LogP contribution in [0.4, 0.5) is 0 Å². The molecule has 0 radical (unpaired) electrons. The van der Waals surface area contributed by atoms with Crippen LogP contribution in [0.1, 0.15) is 23.7 Å². The summed E-state index contributed by atoms with van der Waals surface area (Å²) >= 11 is 2.18. The summed E-state index contributed by atoms with van der Waals surface area (Å²) in [6.07, 6.45) is 5.28. The van der Waals surface area contributed by atoms with Crippen LogP contribution >= 0.6 is 22.6 Å². The Labute approximate surface area is 168 Å². The van der Waals surface area contributed by atoms with Gasteiger partial charge in [-0.05, 0) is 58.9 Å². The zero-order valence-corrected chi connectivity index (χ0v) is 17.1. The number of ether oxygens (including phenoxy) is 2. The Hall–Kier alpha value is -1.77. The average molecular weight is 465 g/mol. The number of rotatable bonds is 11. The molecule has 0 saturated heterocycles. The maximum absolute atomic E-state index is 5.99. The summed E-state index contributed by atoms with van der Waals surface area (Å²) in [5.74, 6) is 0.730. The van der Waals surface area contributed by atoms with E-state index < -0.39 is 0 Å². The predicted octanol–water partition coefficient (Wildman–Crippen LogP) is 4.07. The van der Waals surface area contributed by atoms with Crippen molar-refractivity contribution in [2.75, 3.05) is 26.3 Å². The van der Waals surface area contributed by atoms with Gasteiger partial charge < -0.3 is 14.8 Å². The van der Waals surface area contributed by atoms with Crippen molar-refractivity contribution >= 4 is 33.9 Å². The monoisotopic (exact) mass is 465 g/mol. The van der Waals surface area contributed by atoms with E-state index in [2.05, 4.69) is 44.5 Å². The third-order valence-corrected chi connectivity index (χ3v) is 4.20. The van der Waals surface area contributed by atoms with E-state index in [0.29, 0.717) is 19.8 Å². The Balaban J connectivity index is 2.02. The van der Waals surface area contributed by atoms with Crippen LogP contribution in [-0.2, 0) is 16.1 Å². The third-order valence-electron chi connectivity index (χ3n) is 3.63. The smallest absolute Gasteiger partial charge is 0.152 e. The lowest BCUT2D eigenvalue weighted by Gasteiger charge is -2.15. The van der Waals surface area contributed by atoms with E-state index in [1.807, 2.05) is 35.3 Å². The summed E-state index contributed by atoms with van der Waals surface area (Å²) in [6, 6.07) is 7.81. The lowest BCUT2D eigenvalue weighted by atomic mass is 10.0. The lowest BCUT2D eigenvalue weighted by Crippen LogP contribution is -2.22. The number of aromatic nitrogens is 2. The molecule has 2 rings (SSSR count). The van der Waals surface area contributed by atoms with Crippen molar-refractivity contribution in [3.05, 3.63) is 70.3 Å². The van der Waals surface area contributed by atoms with Crippen molar-refractivity contribution in [1.82, 2.24) is 15.3 Å². The Bertz CT molecular complexity index is 720. The SMILES string of the molecule is C=C(CNCCOCC)c1cccnc1/C(=C/I)OCc1ccncc1. The summed E-state index contributed by atoms with van der Waals surface area (Å²) in [6.45, 7) is 9.54. The van der Waals surface area contributed by atoms with Gasteiger partial charge in [0.05, 0.1) is 6.61 Å².